The molecule has 0 spiro atoms. The fraction of sp³-hybridized carbons (Fsp3) is 0.143. The molecular formula is C21H20N4O2. The third-order valence-corrected chi connectivity index (χ3v) is 4.30. The summed E-state index contributed by atoms with van der Waals surface area (Å²) in [5.41, 5.74) is 4.54. The van der Waals surface area contributed by atoms with Crippen molar-refractivity contribution in [2.75, 3.05) is 10.6 Å². The van der Waals surface area contributed by atoms with Crippen LogP contribution in [0.1, 0.15) is 38.9 Å². The Morgan fingerprint density at radius 2 is 1.67 bits per heavy atom. The highest BCUT2D eigenvalue weighted by Gasteiger charge is 2.11. The van der Waals surface area contributed by atoms with E-state index < -0.39 is 0 Å². The molecule has 0 aliphatic heterocycles. The number of rotatable bonds is 5. The van der Waals surface area contributed by atoms with E-state index in [1.807, 2.05) is 32.0 Å². The molecule has 0 unspecified atom stereocenters. The van der Waals surface area contributed by atoms with Crippen molar-refractivity contribution in [1.82, 2.24) is 9.97 Å². The van der Waals surface area contributed by atoms with Crippen molar-refractivity contribution in [3.8, 4) is 0 Å². The minimum Gasteiger partial charge on any atom is -0.339 e. The second kappa shape index (κ2) is 7.78. The van der Waals surface area contributed by atoms with Gasteiger partial charge in [-0.2, -0.15) is 0 Å². The molecule has 0 fully saturated rings. The highest BCUT2D eigenvalue weighted by atomic mass is 16.2. The highest BCUT2D eigenvalue weighted by molar-refractivity contribution is 6.03. The molecule has 6 nitrogen and oxygen atoms in total. The zero-order valence-corrected chi connectivity index (χ0v) is 15.4. The fourth-order valence-corrected chi connectivity index (χ4v) is 2.52. The summed E-state index contributed by atoms with van der Waals surface area (Å²) in [6.45, 7) is 5.48. The lowest BCUT2D eigenvalue weighted by Crippen LogP contribution is -2.15. The maximum atomic E-state index is 12.4. The topological polar surface area (TPSA) is 84.0 Å². The van der Waals surface area contributed by atoms with Gasteiger partial charge in [0.15, 0.2) is 5.78 Å². The summed E-state index contributed by atoms with van der Waals surface area (Å²) in [6, 6.07) is 12.8. The Morgan fingerprint density at radius 1 is 0.926 bits per heavy atom. The van der Waals surface area contributed by atoms with Gasteiger partial charge in [-0.3, -0.25) is 9.59 Å². The average Bonchev–Trinajstić information content (AvgIpc) is 2.66. The molecular weight excluding hydrogens is 340 g/mol. The van der Waals surface area contributed by atoms with Gasteiger partial charge in [0.25, 0.3) is 5.91 Å². The molecule has 0 aliphatic rings. The second-order valence-corrected chi connectivity index (χ2v) is 6.25. The van der Waals surface area contributed by atoms with Gasteiger partial charge in [-0.25, -0.2) is 9.97 Å². The number of carbonyl (C=O) groups excluding carboxylic acids is 2. The Hall–Kier alpha value is -3.54. The van der Waals surface area contributed by atoms with Gasteiger partial charge in [0.2, 0.25) is 0 Å². The quantitative estimate of drug-likeness (QED) is 0.663. The second-order valence-electron chi connectivity index (χ2n) is 6.25. The Morgan fingerprint density at radius 3 is 2.30 bits per heavy atom. The van der Waals surface area contributed by atoms with Crippen molar-refractivity contribution in [2.24, 2.45) is 0 Å². The molecule has 0 saturated carbocycles. The molecule has 27 heavy (non-hydrogen) atoms. The number of anilines is 3. The molecule has 6 heteroatoms. The number of Topliss-reactive ketones (excluding diaryl/α,β-unsaturated/α-hetero) is 1. The normalized spacial score (nSPS) is 10.3. The number of ketones is 1. The van der Waals surface area contributed by atoms with Gasteiger partial charge in [0.1, 0.15) is 11.5 Å². The number of benzene rings is 2. The first kappa shape index (κ1) is 18.3. The Bertz CT molecular complexity index is 980. The molecule has 3 rings (SSSR count). The van der Waals surface area contributed by atoms with E-state index in [1.165, 1.54) is 19.3 Å². The molecule has 1 amide bonds. The van der Waals surface area contributed by atoms with Gasteiger partial charge < -0.3 is 10.6 Å². The zero-order valence-electron chi connectivity index (χ0n) is 15.4. The number of amides is 1. The van der Waals surface area contributed by atoms with Crippen molar-refractivity contribution in [3.63, 3.8) is 0 Å². The Kier molecular flexibility index (Phi) is 5.26. The van der Waals surface area contributed by atoms with E-state index in [2.05, 4.69) is 20.6 Å². The van der Waals surface area contributed by atoms with Crippen LogP contribution in [0.2, 0.25) is 0 Å². The van der Waals surface area contributed by atoms with Crippen molar-refractivity contribution in [2.45, 2.75) is 20.8 Å². The van der Waals surface area contributed by atoms with Crippen LogP contribution in [-0.2, 0) is 0 Å². The number of nitrogens with one attached hydrogen (secondary N) is 2. The summed E-state index contributed by atoms with van der Waals surface area (Å²) in [6.07, 6.45) is 2.92. The maximum Gasteiger partial charge on any atom is 0.275 e. The van der Waals surface area contributed by atoms with Crippen molar-refractivity contribution in [3.05, 3.63) is 77.2 Å². The van der Waals surface area contributed by atoms with Gasteiger partial charge >= 0.3 is 0 Å². The van der Waals surface area contributed by atoms with Gasteiger partial charge in [-0.05, 0) is 62.2 Å². The van der Waals surface area contributed by atoms with E-state index in [-0.39, 0.29) is 17.4 Å². The van der Waals surface area contributed by atoms with Crippen LogP contribution in [0.4, 0.5) is 17.2 Å². The zero-order chi connectivity index (χ0) is 19.4. The lowest BCUT2D eigenvalue weighted by atomic mass is 10.1. The van der Waals surface area contributed by atoms with Crippen LogP contribution in [0.15, 0.2) is 54.9 Å². The van der Waals surface area contributed by atoms with Crippen LogP contribution < -0.4 is 10.6 Å². The predicted octanol–water partition coefficient (Wildman–Crippen LogP) is 4.29. The minimum absolute atomic E-state index is 0.0144. The largest absolute Gasteiger partial charge is 0.339 e. The van der Waals surface area contributed by atoms with Crippen molar-refractivity contribution >= 4 is 28.9 Å². The van der Waals surface area contributed by atoms with Crippen LogP contribution in [0.3, 0.4) is 0 Å². The third kappa shape index (κ3) is 4.36. The van der Waals surface area contributed by atoms with E-state index >= 15 is 0 Å². The summed E-state index contributed by atoms with van der Waals surface area (Å²) in [4.78, 5) is 32.1. The van der Waals surface area contributed by atoms with Gasteiger partial charge in [0.05, 0.1) is 12.4 Å². The van der Waals surface area contributed by atoms with Crippen LogP contribution >= 0.6 is 0 Å². The average molecular weight is 360 g/mol. The number of hydrogen-bond donors (Lipinski definition) is 2. The van der Waals surface area contributed by atoms with E-state index in [1.54, 1.807) is 24.3 Å². The lowest BCUT2D eigenvalue weighted by Gasteiger charge is -2.10. The molecule has 1 heterocycles. The standard InChI is InChI=1S/C21H20N4O2/c1-13-5-4-6-18(14(13)2)25-21(27)19-11-23-20(12-22-19)24-17-9-7-16(8-10-17)15(3)26/h4-12H,1-3H3,(H,23,24)(H,25,27). The Labute approximate surface area is 157 Å². The number of carbonyl (C=O) groups is 2. The van der Waals surface area contributed by atoms with Crippen LogP contribution in [0.5, 0.6) is 0 Å². The number of aryl methyl sites for hydroxylation is 1. The number of hydrogen-bond acceptors (Lipinski definition) is 5. The van der Waals surface area contributed by atoms with E-state index in [0.717, 1.165) is 22.5 Å². The SMILES string of the molecule is CC(=O)c1ccc(Nc2cnc(C(=O)Nc3cccc(C)c3C)cn2)cc1. The molecule has 3 aromatic rings. The summed E-state index contributed by atoms with van der Waals surface area (Å²) in [5, 5.41) is 5.95. The molecule has 0 bridgehead atoms. The number of nitrogens with zero attached hydrogens (tertiary/aromatic N) is 2. The molecule has 0 radical (unpaired) electrons. The van der Waals surface area contributed by atoms with Crippen molar-refractivity contribution < 1.29 is 9.59 Å². The molecule has 1 aromatic heterocycles. The molecule has 2 aromatic carbocycles. The smallest absolute Gasteiger partial charge is 0.275 e. The monoisotopic (exact) mass is 360 g/mol. The first-order valence-corrected chi connectivity index (χ1v) is 8.51. The highest BCUT2D eigenvalue weighted by Crippen LogP contribution is 2.19. The van der Waals surface area contributed by atoms with Crippen LogP contribution in [0.25, 0.3) is 0 Å². The summed E-state index contributed by atoms with van der Waals surface area (Å²) < 4.78 is 0. The summed E-state index contributed by atoms with van der Waals surface area (Å²) in [7, 11) is 0. The molecule has 0 aliphatic carbocycles. The lowest BCUT2D eigenvalue weighted by molar-refractivity contribution is 0.101. The molecule has 0 saturated heterocycles. The van der Waals surface area contributed by atoms with Crippen LogP contribution in [-0.4, -0.2) is 21.7 Å². The third-order valence-electron chi connectivity index (χ3n) is 4.30. The van der Waals surface area contributed by atoms with Crippen molar-refractivity contribution in [1.29, 1.82) is 0 Å². The van der Waals surface area contributed by atoms with Gasteiger partial charge in [0, 0.05) is 16.9 Å². The summed E-state index contributed by atoms with van der Waals surface area (Å²) in [5.74, 6) is 0.211. The first-order chi connectivity index (χ1) is 12.9. The number of aromatic nitrogens is 2. The van der Waals surface area contributed by atoms with Gasteiger partial charge in [-0.15, -0.1) is 0 Å². The van der Waals surface area contributed by atoms with Crippen LogP contribution in [0, 0.1) is 13.8 Å². The Balaban J connectivity index is 1.68. The van der Waals surface area contributed by atoms with E-state index in [4.69, 9.17) is 0 Å². The fourth-order valence-electron chi connectivity index (χ4n) is 2.52. The van der Waals surface area contributed by atoms with E-state index in [9.17, 15) is 9.59 Å². The molecule has 0 atom stereocenters. The van der Waals surface area contributed by atoms with E-state index in [0.29, 0.717) is 11.4 Å². The molecule has 2 N–H and O–H groups in total. The van der Waals surface area contributed by atoms with Gasteiger partial charge in [-0.1, -0.05) is 12.1 Å². The predicted molar refractivity (Wildman–Crippen MR) is 106 cm³/mol. The summed E-state index contributed by atoms with van der Waals surface area (Å²) >= 11 is 0. The maximum absolute atomic E-state index is 12.4. The minimum atomic E-state index is -0.312. The first-order valence-electron chi connectivity index (χ1n) is 8.51. The molecule has 136 valence electrons.